The van der Waals surface area contributed by atoms with Crippen molar-refractivity contribution in [3.63, 3.8) is 0 Å². The van der Waals surface area contributed by atoms with Gasteiger partial charge in [-0.1, -0.05) is 6.58 Å². The highest BCUT2D eigenvalue weighted by Crippen LogP contribution is 1.92. The van der Waals surface area contributed by atoms with E-state index < -0.39 is 23.2 Å². The fourth-order valence-electron chi connectivity index (χ4n) is 1.17. The van der Waals surface area contributed by atoms with Crippen LogP contribution in [-0.4, -0.2) is 34.7 Å². The van der Waals surface area contributed by atoms with Crippen LogP contribution < -0.4 is 11.2 Å². The van der Waals surface area contributed by atoms with Gasteiger partial charge >= 0.3 is 17.6 Å². The van der Waals surface area contributed by atoms with Gasteiger partial charge in [0, 0.05) is 17.8 Å². The van der Waals surface area contributed by atoms with Crippen LogP contribution in [0.1, 0.15) is 6.92 Å². The Morgan fingerprint density at radius 3 is 2.55 bits per heavy atom. The molecule has 8 nitrogen and oxygen atoms in total. The maximum atomic E-state index is 11.4. The maximum absolute atomic E-state index is 11.4. The third kappa shape index (κ3) is 4.92. The second-order valence-corrected chi connectivity index (χ2v) is 3.87. The van der Waals surface area contributed by atoms with Crippen LogP contribution in [0.25, 0.3) is 0 Å². The molecular formula is C12H14N2O6. The fourth-order valence-corrected chi connectivity index (χ4v) is 1.17. The lowest BCUT2D eigenvalue weighted by Gasteiger charge is -2.07. The van der Waals surface area contributed by atoms with E-state index in [0.717, 1.165) is 10.6 Å². The highest BCUT2D eigenvalue weighted by Gasteiger charge is 2.07. The summed E-state index contributed by atoms with van der Waals surface area (Å²) in [6.07, 6.45) is 1.18. The average molecular weight is 282 g/mol. The number of esters is 2. The third-order valence-electron chi connectivity index (χ3n) is 2.12. The molecule has 8 heteroatoms. The minimum Gasteiger partial charge on any atom is -0.461 e. The molecule has 0 saturated carbocycles. The molecule has 0 aliphatic carbocycles. The molecule has 0 radical (unpaired) electrons. The third-order valence-corrected chi connectivity index (χ3v) is 2.12. The highest BCUT2D eigenvalue weighted by atomic mass is 16.6. The lowest BCUT2D eigenvalue weighted by Crippen LogP contribution is -2.31. The maximum Gasteiger partial charge on any atom is 0.333 e. The van der Waals surface area contributed by atoms with Crippen molar-refractivity contribution < 1.29 is 19.1 Å². The number of aromatic amines is 1. The number of ether oxygens (including phenoxy) is 2. The number of hydrogen-bond acceptors (Lipinski definition) is 6. The van der Waals surface area contributed by atoms with Gasteiger partial charge in [0.25, 0.3) is 5.56 Å². The molecule has 0 atom stereocenters. The average Bonchev–Trinajstić information content (AvgIpc) is 2.37. The van der Waals surface area contributed by atoms with E-state index in [1.807, 2.05) is 4.98 Å². The number of H-pyrrole nitrogens is 1. The molecule has 0 bridgehead atoms. The Morgan fingerprint density at radius 1 is 1.30 bits per heavy atom. The Kier molecular flexibility index (Phi) is 5.45. The Balaban J connectivity index is 2.37. The molecule has 1 rings (SSSR count). The molecule has 0 aliphatic rings. The van der Waals surface area contributed by atoms with Crippen molar-refractivity contribution in [2.24, 2.45) is 0 Å². The van der Waals surface area contributed by atoms with Gasteiger partial charge in [-0.15, -0.1) is 0 Å². The molecule has 108 valence electrons. The molecule has 0 unspecified atom stereocenters. The van der Waals surface area contributed by atoms with Gasteiger partial charge in [0.15, 0.2) is 0 Å². The molecule has 0 saturated heterocycles. The molecule has 1 aromatic rings. The molecule has 0 amide bonds. The van der Waals surface area contributed by atoms with Crippen molar-refractivity contribution in [1.82, 2.24) is 9.55 Å². The Bertz CT molecular complexity index is 627. The van der Waals surface area contributed by atoms with E-state index in [9.17, 15) is 19.2 Å². The predicted octanol–water partition coefficient (Wildman–Crippen LogP) is -0.801. The zero-order chi connectivity index (χ0) is 15.1. The zero-order valence-electron chi connectivity index (χ0n) is 10.9. The molecule has 0 aromatic carbocycles. The molecule has 1 aromatic heterocycles. The Morgan fingerprint density at radius 2 is 1.95 bits per heavy atom. The summed E-state index contributed by atoms with van der Waals surface area (Å²) in [4.78, 5) is 46.5. The first-order chi connectivity index (χ1) is 9.40. The van der Waals surface area contributed by atoms with Gasteiger partial charge in [-0.3, -0.25) is 19.1 Å². The fraction of sp³-hybridized carbons (Fsp3) is 0.333. The Hall–Kier alpha value is -2.64. The lowest BCUT2D eigenvalue weighted by molar-refractivity contribution is -0.150. The largest absolute Gasteiger partial charge is 0.461 e. The van der Waals surface area contributed by atoms with Crippen molar-refractivity contribution in [1.29, 1.82) is 0 Å². The van der Waals surface area contributed by atoms with Crippen molar-refractivity contribution in [2.75, 3.05) is 13.2 Å². The van der Waals surface area contributed by atoms with E-state index in [2.05, 4.69) is 6.58 Å². The lowest BCUT2D eigenvalue weighted by atomic mass is 10.4. The topological polar surface area (TPSA) is 107 Å². The predicted molar refractivity (Wildman–Crippen MR) is 68.1 cm³/mol. The van der Waals surface area contributed by atoms with Crippen LogP contribution in [0.15, 0.2) is 34.0 Å². The smallest absolute Gasteiger partial charge is 0.333 e. The second kappa shape index (κ2) is 7.07. The summed E-state index contributed by atoms with van der Waals surface area (Å²) in [7, 11) is 0. The van der Waals surface area contributed by atoms with Gasteiger partial charge in [0.1, 0.15) is 19.8 Å². The van der Waals surface area contributed by atoms with Crippen molar-refractivity contribution in [2.45, 2.75) is 13.5 Å². The molecule has 20 heavy (non-hydrogen) atoms. The minimum atomic E-state index is -0.705. The number of nitrogens with one attached hydrogen (secondary N) is 1. The molecule has 0 aliphatic heterocycles. The first-order valence-electron chi connectivity index (χ1n) is 5.68. The highest BCUT2D eigenvalue weighted by molar-refractivity contribution is 5.86. The van der Waals surface area contributed by atoms with Crippen molar-refractivity contribution >= 4 is 11.9 Å². The molecule has 0 spiro atoms. The summed E-state index contributed by atoms with van der Waals surface area (Å²) in [6, 6.07) is 1.11. The van der Waals surface area contributed by atoms with Gasteiger partial charge in [-0.2, -0.15) is 0 Å². The monoisotopic (exact) mass is 282 g/mol. The molecule has 1 N–H and O–H groups in total. The van der Waals surface area contributed by atoms with Crippen LogP contribution in [0.2, 0.25) is 0 Å². The van der Waals surface area contributed by atoms with Crippen LogP contribution in [0, 0.1) is 0 Å². The van der Waals surface area contributed by atoms with E-state index in [1.54, 1.807) is 0 Å². The van der Waals surface area contributed by atoms with Crippen molar-refractivity contribution in [3.05, 3.63) is 45.3 Å². The van der Waals surface area contributed by atoms with E-state index in [1.165, 1.54) is 13.1 Å². The van der Waals surface area contributed by atoms with Gasteiger partial charge in [-0.05, 0) is 6.92 Å². The summed E-state index contributed by atoms with van der Waals surface area (Å²) in [6.45, 7) is 4.32. The van der Waals surface area contributed by atoms with E-state index in [0.29, 0.717) is 0 Å². The van der Waals surface area contributed by atoms with E-state index in [4.69, 9.17) is 9.47 Å². The summed E-state index contributed by atoms with van der Waals surface area (Å²) in [5, 5.41) is 0. The van der Waals surface area contributed by atoms with Crippen LogP contribution in [0.5, 0.6) is 0 Å². The second-order valence-electron chi connectivity index (χ2n) is 3.87. The molecule has 0 fully saturated rings. The number of hydrogen-bond donors (Lipinski definition) is 1. The van der Waals surface area contributed by atoms with Gasteiger partial charge in [0.05, 0.1) is 0 Å². The van der Waals surface area contributed by atoms with E-state index in [-0.39, 0.29) is 25.3 Å². The number of nitrogens with zero attached hydrogens (tertiary/aromatic N) is 1. The Labute approximate surface area is 113 Å². The van der Waals surface area contributed by atoms with Gasteiger partial charge < -0.3 is 9.47 Å². The quantitative estimate of drug-likeness (QED) is 0.416. The van der Waals surface area contributed by atoms with Crippen molar-refractivity contribution in [3.8, 4) is 0 Å². The number of carbonyl (C=O) groups excluding carboxylic acids is 2. The molecular weight excluding hydrogens is 268 g/mol. The summed E-state index contributed by atoms with van der Waals surface area (Å²) < 4.78 is 10.5. The molecule has 1 heterocycles. The normalized spacial score (nSPS) is 9.85. The summed E-state index contributed by atoms with van der Waals surface area (Å²) >= 11 is 0. The summed E-state index contributed by atoms with van der Waals surface area (Å²) in [5.74, 6) is -1.26. The number of carbonyl (C=O) groups is 2. The summed E-state index contributed by atoms with van der Waals surface area (Å²) in [5.41, 5.74) is -1.01. The number of aromatic nitrogens is 2. The van der Waals surface area contributed by atoms with Crippen LogP contribution in [0.4, 0.5) is 0 Å². The number of rotatable bonds is 6. The zero-order valence-corrected chi connectivity index (χ0v) is 10.9. The van der Waals surface area contributed by atoms with Gasteiger partial charge in [-0.25, -0.2) is 9.59 Å². The van der Waals surface area contributed by atoms with E-state index >= 15 is 0 Å². The first kappa shape index (κ1) is 15.4. The first-order valence-corrected chi connectivity index (χ1v) is 5.68. The minimum absolute atomic E-state index is 0.0993. The standard InChI is InChI=1S/C12H14N2O6/c1-8(2)11(17)20-6-5-19-10(16)7-14-4-3-9(15)13-12(14)18/h3-4H,1,5-7H2,2H3,(H,13,15,18). The van der Waals surface area contributed by atoms with Crippen LogP contribution in [-0.2, 0) is 25.6 Å². The van der Waals surface area contributed by atoms with Crippen LogP contribution >= 0.6 is 0 Å². The van der Waals surface area contributed by atoms with Crippen LogP contribution in [0.3, 0.4) is 0 Å². The SMILES string of the molecule is C=C(C)C(=O)OCCOC(=O)Cn1ccc(=O)[nH]c1=O. The van der Waals surface area contributed by atoms with Gasteiger partial charge in [0.2, 0.25) is 0 Å².